The number of hydrogen-bond acceptors (Lipinski definition) is 1. The molecule has 27 heavy (non-hydrogen) atoms. The van der Waals surface area contributed by atoms with Gasteiger partial charge in [-0.1, -0.05) is 102 Å². The summed E-state index contributed by atoms with van der Waals surface area (Å²) >= 11 is 0. The summed E-state index contributed by atoms with van der Waals surface area (Å²) in [5, 5.41) is 11.3. The fourth-order valence-electron chi connectivity index (χ4n) is 4.96. The van der Waals surface area contributed by atoms with Crippen LogP contribution in [-0.4, -0.2) is 5.11 Å². The zero-order chi connectivity index (χ0) is 21.6. The first kappa shape index (κ1) is 24.1. The molecule has 1 aromatic carbocycles. The maximum Gasteiger partial charge on any atom is 0.123 e. The molecule has 1 heteroatoms. The van der Waals surface area contributed by atoms with E-state index in [0.717, 1.165) is 24.0 Å². The highest BCUT2D eigenvalue weighted by molar-refractivity contribution is 5.51. The van der Waals surface area contributed by atoms with Crippen LogP contribution in [-0.2, 0) is 16.2 Å². The van der Waals surface area contributed by atoms with Crippen LogP contribution in [0.5, 0.6) is 5.75 Å². The zero-order valence-electron chi connectivity index (χ0n) is 20.5. The molecule has 0 heterocycles. The molecule has 0 radical (unpaired) electrons. The molecule has 1 aromatic rings. The summed E-state index contributed by atoms with van der Waals surface area (Å²) in [5.74, 6) is 0.493. The summed E-state index contributed by atoms with van der Waals surface area (Å²) in [4.78, 5) is 0. The first-order valence-corrected chi connectivity index (χ1v) is 10.5. The largest absolute Gasteiger partial charge is 0.507 e. The van der Waals surface area contributed by atoms with Crippen LogP contribution >= 0.6 is 0 Å². The van der Waals surface area contributed by atoms with Gasteiger partial charge in [0.1, 0.15) is 5.75 Å². The maximum atomic E-state index is 11.3. The smallest absolute Gasteiger partial charge is 0.123 e. The van der Waals surface area contributed by atoms with Crippen LogP contribution in [0.1, 0.15) is 120 Å². The molecule has 156 valence electrons. The molecular formula is C26H46O. The predicted octanol–water partition coefficient (Wildman–Crippen LogP) is 8.12. The lowest BCUT2D eigenvalue weighted by Gasteiger charge is -2.38. The number of phenolic OH excluding ortho intramolecular Hbond substituents is 1. The highest BCUT2D eigenvalue weighted by atomic mass is 16.3. The van der Waals surface area contributed by atoms with Gasteiger partial charge >= 0.3 is 0 Å². The summed E-state index contributed by atoms with van der Waals surface area (Å²) in [6, 6.07) is 4.56. The second kappa shape index (κ2) is 7.12. The minimum atomic E-state index is -0.0928. The SMILES string of the molecule is CC(C)(C)CC(C)(C)c1cc(C(C)(C)C)c(O)c(C(C)(C)CC(C)(C)C)c1. The van der Waals surface area contributed by atoms with Crippen LogP contribution in [0, 0.1) is 10.8 Å². The molecule has 1 rings (SSSR count). The summed E-state index contributed by atoms with van der Waals surface area (Å²) < 4.78 is 0. The van der Waals surface area contributed by atoms with Crippen LogP contribution in [0.15, 0.2) is 12.1 Å². The number of benzene rings is 1. The summed E-state index contributed by atoms with van der Waals surface area (Å²) in [5.41, 5.74) is 3.84. The normalized spacial score (nSPS) is 14.6. The van der Waals surface area contributed by atoms with Gasteiger partial charge in [-0.25, -0.2) is 0 Å². The van der Waals surface area contributed by atoms with Gasteiger partial charge in [0.25, 0.3) is 0 Å². The third kappa shape index (κ3) is 6.54. The third-order valence-corrected chi connectivity index (χ3v) is 5.37. The van der Waals surface area contributed by atoms with Gasteiger partial charge in [-0.05, 0) is 51.0 Å². The molecule has 0 saturated carbocycles. The lowest BCUT2D eigenvalue weighted by Crippen LogP contribution is -2.29. The zero-order valence-corrected chi connectivity index (χ0v) is 20.5. The highest BCUT2D eigenvalue weighted by Gasteiger charge is 2.35. The molecule has 0 aromatic heterocycles. The number of hydrogen-bond donors (Lipinski definition) is 1. The van der Waals surface area contributed by atoms with Crippen molar-refractivity contribution in [2.45, 2.75) is 119 Å². The van der Waals surface area contributed by atoms with Gasteiger partial charge in [-0.3, -0.25) is 0 Å². The Labute approximate surface area is 170 Å². The van der Waals surface area contributed by atoms with Crippen molar-refractivity contribution in [1.29, 1.82) is 0 Å². The predicted molar refractivity (Wildman–Crippen MR) is 121 cm³/mol. The van der Waals surface area contributed by atoms with Crippen molar-refractivity contribution >= 4 is 0 Å². The molecule has 1 N–H and O–H groups in total. The average Bonchev–Trinajstić information content (AvgIpc) is 2.30. The van der Waals surface area contributed by atoms with Gasteiger partial charge in [0, 0.05) is 5.56 Å². The molecule has 0 saturated heterocycles. The van der Waals surface area contributed by atoms with Crippen molar-refractivity contribution in [1.82, 2.24) is 0 Å². The molecule has 0 fully saturated rings. The standard InChI is InChI=1S/C26H46O/c1-22(2,3)16-25(10,11)18-14-19(24(7,8)9)21(27)20(15-18)26(12,13)17-23(4,5)6/h14-15,27H,16-17H2,1-13H3. The molecule has 0 bridgehead atoms. The van der Waals surface area contributed by atoms with Crippen molar-refractivity contribution in [2.24, 2.45) is 10.8 Å². The number of rotatable bonds is 4. The van der Waals surface area contributed by atoms with Gasteiger partial charge < -0.3 is 5.11 Å². The van der Waals surface area contributed by atoms with E-state index >= 15 is 0 Å². The topological polar surface area (TPSA) is 20.2 Å². The van der Waals surface area contributed by atoms with Gasteiger partial charge in [0.05, 0.1) is 0 Å². The minimum absolute atomic E-state index is 0.0541. The van der Waals surface area contributed by atoms with Gasteiger partial charge in [0.15, 0.2) is 0 Å². The Morgan fingerprint density at radius 1 is 0.593 bits per heavy atom. The Kier molecular flexibility index (Phi) is 6.35. The Morgan fingerprint density at radius 3 is 1.33 bits per heavy atom. The van der Waals surface area contributed by atoms with E-state index in [-0.39, 0.29) is 27.1 Å². The fourth-order valence-corrected chi connectivity index (χ4v) is 4.96. The molecule has 0 aliphatic rings. The number of phenols is 1. The van der Waals surface area contributed by atoms with Crippen LogP contribution < -0.4 is 0 Å². The minimum Gasteiger partial charge on any atom is -0.507 e. The van der Waals surface area contributed by atoms with E-state index in [2.05, 4.69) is 102 Å². The first-order valence-electron chi connectivity index (χ1n) is 10.5. The van der Waals surface area contributed by atoms with Crippen LogP contribution in [0.2, 0.25) is 0 Å². The molecule has 0 aliphatic carbocycles. The lowest BCUT2D eigenvalue weighted by molar-refractivity contribution is 0.273. The Bertz CT molecular complexity index is 655. The maximum absolute atomic E-state index is 11.3. The summed E-state index contributed by atoms with van der Waals surface area (Å²) in [6.45, 7) is 29.6. The van der Waals surface area contributed by atoms with E-state index in [9.17, 15) is 5.11 Å². The molecule has 0 atom stereocenters. The first-order chi connectivity index (χ1) is 11.7. The average molecular weight is 375 g/mol. The van der Waals surface area contributed by atoms with E-state index in [0.29, 0.717) is 5.75 Å². The fraction of sp³-hybridized carbons (Fsp3) is 0.769. The van der Waals surface area contributed by atoms with E-state index < -0.39 is 0 Å². The molecule has 0 spiro atoms. The molecular weight excluding hydrogens is 328 g/mol. The van der Waals surface area contributed by atoms with Crippen molar-refractivity contribution < 1.29 is 5.11 Å². The number of aromatic hydroxyl groups is 1. The molecule has 0 aliphatic heterocycles. The van der Waals surface area contributed by atoms with Crippen LogP contribution in [0.25, 0.3) is 0 Å². The van der Waals surface area contributed by atoms with Crippen molar-refractivity contribution in [2.75, 3.05) is 0 Å². The second-order valence-corrected chi connectivity index (χ2v) is 13.4. The van der Waals surface area contributed by atoms with E-state index in [4.69, 9.17) is 0 Å². The van der Waals surface area contributed by atoms with E-state index in [1.807, 2.05) is 0 Å². The van der Waals surface area contributed by atoms with Gasteiger partial charge in [-0.2, -0.15) is 0 Å². The quantitative estimate of drug-likeness (QED) is 0.564. The van der Waals surface area contributed by atoms with E-state index in [1.54, 1.807) is 0 Å². The van der Waals surface area contributed by atoms with E-state index in [1.165, 1.54) is 5.56 Å². The van der Waals surface area contributed by atoms with Crippen molar-refractivity contribution in [3.63, 3.8) is 0 Å². The van der Waals surface area contributed by atoms with Crippen molar-refractivity contribution in [3.8, 4) is 5.75 Å². The lowest BCUT2D eigenvalue weighted by atomic mass is 9.67. The Balaban J connectivity index is 3.70. The summed E-state index contributed by atoms with van der Waals surface area (Å²) in [6.07, 6.45) is 2.13. The molecule has 0 amide bonds. The Hall–Kier alpha value is -0.980. The van der Waals surface area contributed by atoms with Crippen molar-refractivity contribution in [3.05, 3.63) is 28.8 Å². The van der Waals surface area contributed by atoms with Gasteiger partial charge in [-0.15, -0.1) is 0 Å². The second-order valence-electron chi connectivity index (χ2n) is 13.4. The summed E-state index contributed by atoms with van der Waals surface area (Å²) in [7, 11) is 0. The Morgan fingerprint density at radius 2 is 0.963 bits per heavy atom. The van der Waals surface area contributed by atoms with Crippen LogP contribution in [0.4, 0.5) is 0 Å². The molecule has 0 unspecified atom stereocenters. The molecule has 1 nitrogen and oxygen atoms in total. The third-order valence-electron chi connectivity index (χ3n) is 5.37. The van der Waals surface area contributed by atoms with Crippen LogP contribution in [0.3, 0.4) is 0 Å². The monoisotopic (exact) mass is 374 g/mol. The van der Waals surface area contributed by atoms with Gasteiger partial charge in [0.2, 0.25) is 0 Å². The highest BCUT2D eigenvalue weighted by Crippen LogP contribution is 2.47.